The highest BCUT2D eigenvalue weighted by molar-refractivity contribution is 14.1. The summed E-state index contributed by atoms with van der Waals surface area (Å²) in [6.45, 7) is 2.19. The lowest BCUT2D eigenvalue weighted by Crippen LogP contribution is -1.95. The van der Waals surface area contributed by atoms with Gasteiger partial charge < -0.3 is 5.32 Å². The molecule has 0 aliphatic heterocycles. The first kappa shape index (κ1) is 15.8. The fraction of sp³-hybridized carbons (Fsp3) is 0.250. The van der Waals surface area contributed by atoms with E-state index >= 15 is 0 Å². The van der Waals surface area contributed by atoms with Gasteiger partial charge in [0.15, 0.2) is 0 Å². The minimum Gasteiger partial charge on any atom is -0.355 e. The molecule has 0 unspecified atom stereocenters. The maximum atomic E-state index is 10.8. The molecule has 0 spiro atoms. The minimum atomic E-state index is -0.367. The zero-order chi connectivity index (χ0) is 15.2. The lowest BCUT2D eigenvalue weighted by molar-refractivity contribution is -0.385. The number of hydrogen-bond acceptors (Lipinski definition) is 3. The monoisotopic (exact) mass is 396 g/mol. The van der Waals surface area contributed by atoms with Crippen molar-refractivity contribution in [3.8, 4) is 0 Å². The van der Waals surface area contributed by atoms with Crippen molar-refractivity contribution in [1.29, 1.82) is 0 Å². The third-order valence-corrected chi connectivity index (χ3v) is 4.07. The van der Waals surface area contributed by atoms with E-state index in [-0.39, 0.29) is 10.6 Å². The fourth-order valence-corrected chi connectivity index (χ4v) is 2.75. The molecule has 21 heavy (non-hydrogen) atoms. The van der Waals surface area contributed by atoms with Crippen LogP contribution in [0.25, 0.3) is 0 Å². The molecular formula is C16H17IN2O2. The Kier molecular flexibility index (Phi) is 5.55. The van der Waals surface area contributed by atoms with Crippen LogP contribution in [0.15, 0.2) is 42.5 Å². The number of halogens is 1. The van der Waals surface area contributed by atoms with Crippen molar-refractivity contribution in [2.24, 2.45) is 0 Å². The molecule has 2 rings (SSSR count). The van der Waals surface area contributed by atoms with Crippen LogP contribution in [0.4, 0.5) is 17.1 Å². The van der Waals surface area contributed by atoms with Crippen LogP contribution in [0.3, 0.4) is 0 Å². The third kappa shape index (κ3) is 4.42. The number of nitro groups is 1. The van der Waals surface area contributed by atoms with Crippen molar-refractivity contribution in [2.45, 2.75) is 26.2 Å². The van der Waals surface area contributed by atoms with Gasteiger partial charge in [-0.2, -0.15) is 0 Å². The molecule has 0 aromatic heterocycles. The van der Waals surface area contributed by atoms with E-state index in [4.69, 9.17) is 0 Å². The number of benzene rings is 2. The van der Waals surface area contributed by atoms with Crippen molar-refractivity contribution >= 4 is 39.7 Å². The summed E-state index contributed by atoms with van der Waals surface area (Å²) in [7, 11) is 0. The Morgan fingerprint density at radius 2 is 1.81 bits per heavy atom. The van der Waals surface area contributed by atoms with Gasteiger partial charge in [0.2, 0.25) is 0 Å². The molecule has 0 fully saturated rings. The summed E-state index contributed by atoms with van der Waals surface area (Å²) in [5.41, 5.74) is 3.31. The number of hydrogen-bond donors (Lipinski definition) is 1. The van der Waals surface area contributed by atoms with Crippen LogP contribution in [-0.2, 0) is 6.42 Å². The average molecular weight is 396 g/mol. The Balaban J connectivity index is 2.07. The van der Waals surface area contributed by atoms with E-state index in [1.807, 2.05) is 34.7 Å². The van der Waals surface area contributed by atoms with Gasteiger partial charge in [-0.05, 0) is 65.3 Å². The third-order valence-electron chi connectivity index (χ3n) is 3.21. The quantitative estimate of drug-likeness (QED) is 0.410. The van der Waals surface area contributed by atoms with Crippen molar-refractivity contribution in [3.63, 3.8) is 0 Å². The van der Waals surface area contributed by atoms with Crippen LogP contribution in [0, 0.1) is 13.7 Å². The lowest BCUT2D eigenvalue weighted by Gasteiger charge is -2.08. The predicted octanol–water partition coefficient (Wildman–Crippen LogP) is 5.29. The van der Waals surface area contributed by atoms with Crippen molar-refractivity contribution in [1.82, 2.24) is 0 Å². The van der Waals surface area contributed by atoms with E-state index in [0.717, 1.165) is 17.8 Å². The highest BCUT2D eigenvalue weighted by atomic mass is 127. The van der Waals surface area contributed by atoms with Crippen LogP contribution in [0.2, 0.25) is 0 Å². The molecule has 0 bridgehead atoms. The SMILES string of the molecule is CCCCc1ccc(Nc2ccc([N+](=O)[O-])c(I)c2)cc1. The molecule has 0 aliphatic carbocycles. The Bertz CT molecular complexity index is 627. The number of unbranched alkanes of at least 4 members (excludes halogenated alkanes) is 1. The first-order valence-corrected chi connectivity index (χ1v) is 7.98. The number of rotatable bonds is 6. The van der Waals surface area contributed by atoms with Crippen molar-refractivity contribution in [2.75, 3.05) is 5.32 Å². The molecule has 0 saturated carbocycles. The van der Waals surface area contributed by atoms with Gasteiger partial charge >= 0.3 is 0 Å². The largest absolute Gasteiger partial charge is 0.355 e. The van der Waals surface area contributed by atoms with Crippen LogP contribution < -0.4 is 5.32 Å². The van der Waals surface area contributed by atoms with Crippen LogP contribution in [0.5, 0.6) is 0 Å². The number of nitrogens with one attached hydrogen (secondary N) is 1. The van der Waals surface area contributed by atoms with E-state index in [9.17, 15) is 10.1 Å². The van der Waals surface area contributed by atoms with Crippen molar-refractivity contribution in [3.05, 3.63) is 61.7 Å². The first-order chi connectivity index (χ1) is 10.1. The first-order valence-electron chi connectivity index (χ1n) is 6.90. The maximum Gasteiger partial charge on any atom is 0.282 e. The molecule has 5 heteroatoms. The van der Waals surface area contributed by atoms with E-state index < -0.39 is 0 Å². The highest BCUT2D eigenvalue weighted by Crippen LogP contribution is 2.26. The predicted molar refractivity (Wildman–Crippen MR) is 94.2 cm³/mol. The zero-order valence-electron chi connectivity index (χ0n) is 11.8. The second kappa shape index (κ2) is 7.40. The second-order valence-electron chi connectivity index (χ2n) is 4.85. The topological polar surface area (TPSA) is 55.2 Å². The summed E-state index contributed by atoms with van der Waals surface area (Å²) < 4.78 is 0.627. The normalized spacial score (nSPS) is 10.4. The average Bonchev–Trinajstić information content (AvgIpc) is 2.46. The second-order valence-corrected chi connectivity index (χ2v) is 6.01. The van der Waals surface area contributed by atoms with Gasteiger partial charge in [0.1, 0.15) is 0 Å². The van der Waals surface area contributed by atoms with Gasteiger partial charge in [-0.25, -0.2) is 0 Å². The van der Waals surface area contributed by atoms with Crippen LogP contribution in [-0.4, -0.2) is 4.92 Å². The van der Waals surface area contributed by atoms with Gasteiger partial charge in [0.25, 0.3) is 5.69 Å². The maximum absolute atomic E-state index is 10.8. The Morgan fingerprint density at radius 1 is 1.14 bits per heavy atom. The van der Waals surface area contributed by atoms with E-state index in [0.29, 0.717) is 3.57 Å². The van der Waals surface area contributed by atoms with Crippen LogP contribution >= 0.6 is 22.6 Å². The zero-order valence-corrected chi connectivity index (χ0v) is 14.0. The highest BCUT2D eigenvalue weighted by Gasteiger charge is 2.11. The molecule has 4 nitrogen and oxygen atoms in total. The van der Waals surface area contributed by atoms with Crippen molar-refractivity contribution < 1.29 is 4.92 Å². The van der Waals surface area contributed by atoms with E-state index in [1.165, 1.54) is 24.5 Å². The molecule has 1 N–H and O–H groups in total. The molecule has 0 aliphatic rings. The number of nitrogens with zero attached hydrogens (tertiary/aromatic N) is 1. The van der Waals surface area contributed by atoms with Gasteiger partial charge in [0, 0.05) is 17.4 Å². The molecule has 0 atom stereocenters. The molecular weight excluding hydrogens is 379 g/mol. The number of aryl methyl sites for hydroxylation is 1. The summed E-state index contributed by atoms with van der Waals surface area (Å²) in [6, 6.07) is 13.4. The summed E-state index contributed by atoms with van der Waals surface area (Å²) in [6.07, 6.45) is 3.50. The molecule has 0 heterocycles. The number of anilines is 2. The molecule has 110 valence electrons. The van der Waals surface area contributed by atoms with E-state index in [1.54, 1.807) is 12.1 Å². The number of nitro benzene ring substituents is 1. The smallest absolute Gasteiger partial charge is 0.282 e. The Hall–Kier alpha value is -1.63. The minimum absolute atomic E-state index is 0.135. The Labute approximate surface area is 137 Å². The summed E-state index contributed by atoms with van der Waals surface area (Å²) in [4.78, 5) is 10.4. The lowest BCUT2D eigenvalue weighted by atomic mass is 10.1. The summed E-state index contributed by atoms with van der Waals surface area (Å²) in [5.74, 6) is 0. The van der Waals surface area contributed by atoms with Gasteiger partial charge in [-0.15, -0.1) is 0 Å². The van der Waals surface area contributed by atoms with E-state index in [2.05, 4.69) is 24.4 Å². The van der Waals surface area contributed by atoms with Crippen LogP contribution in [0.1, 0.15) is 25.3 Å². The fourth-order valence-electron chi connectivity index (χ4n) is 2.04. The Morgan fingerprint density at radius 3 is 2.38 bits per heavy atom. The van der Waals surface area contributed by atoms with Gasteiger partial charge in [-0.1, -0.05) is 25.5 Å². The molecule has 0 amide bonds. The standard InChI is InChI=1S/C16H17IN2O2/c1-2-3-4-12-5-7-13(8-6-12)18-14-9-10-16(19(20)21)15(17)11-14/h5-11,18H,2-4H2,1H3. The molecule has 0 saturated heterocycles. The molecule has 0 radical (unpaired) electrons. The van der Waals surface area contributed by atoms with Gasteiger partial charge in [-0.3, -0.25) is 10.1 Å². The molecule has 2 aromatic rings. The summed E-state index contributed by atoms with van der Waals surface area (Å²) in [5, 5.41) is 14.1. The molecule has 2 aromatic carbocycles. The van der Waals surface area contributed by atoms with Gasteiger partial charge in [0.05, 0.1) is 8.49 Å². The summed E-state index contributed by atoms with van der Waals surface area (Å²) >= 11 is 1.98.